The lowest BCUT2D eigenvalue weighted by molar-refractivity contribution is -0.130. The van der Waals surface area contributed by atoms with Crippen LogP contribution in [0.5, 0.6) is 0 Å². The smallest absolute Gasteiger partial charge is 0.240 e. The number of hydrogen-bond donors (Lipinski definition) is 1. The molecule has 4 rings (SSSR count). The minimum Gasteiger partial charge on any atom is -0.368 e. The molecule has 1 aromatic carbocycles. The number of nitrogens with zero attached hydrogens (tertiary/aromatic N) is 5. The average Bonchev–Trinajstić information content (AvgIpc) is 2.73. The van der Waals surface area contributed by atoms with Gasteiger partial charge >= 0.3 is 0 Å². The summed E-state index contributed by atoms with van der Waals surface area (Å²) in [5.74, 6) is 0.416. The van der Waals surface area contributed by atoms with Crippen LogP contribution in [0.2, 0.25) is 0 Å². The number of alkyl halides is 1. The van der Waals surface area contributed by atoms with Crippen LogP contribution in [0.4, 0.5) is 16.2 Å². The van der Waals surface area contributed by atoms with Crippen molar-refractivity contribution in [3.05, 3.63) is 42.2 Å². The van der Waals surface area contributed by atoms with Crippen molar-refractivity contribution < 1.29 is 9.18 Å². The molecule has 1 atom stereocenters. The summed E-state index contributed by atoms with van der Waals surface area (Å²) in [6.07, 6.45) is 0. The van der Waals surface area contributed by atoms with Crippen LogP contribution in [0.15, 0.2) is 36.4 Å². The monoisotopic (exact) mass is 414 g/mol. The molecule has 0 spiro atoms. The Kier molecular flexibility index (Phi) is 5.19. The number of fused-ring (bicyclic) bond motifs is 1. The van der Waals surface area contributed by atoms with Gasteiger partial charge in [-0.25, -0.2) is 14.4 Å². The van der Waals surface area contributed by atoms with E-state index in [0.717, 1.165) is 5.56 Å². The van der Waals surface area contributed by atoms with Gasteiger partial charge in [-0.3, -0.25) is 4.79 Å². The van der Waals surface area contributed by atoms with Crippen molar-refractivity contribution in [1.82, 2.24) is 19.9 Å². The van der Waals surface area contributed by atoms with Crippen molar-refractivity contribution in [2.45, 2.75) is 12.3 Å². The lowest BCUT2D eigenvalue weighted by Gasteiger charge is -2.36. The molecule has 0 saturated carbocycles. The SMILES string of the molecule is CC(Cl)C(=O)N1CCN(c2nc(N)nc3ccc(-c4ccc(F)cc4)nc23)CC1. The number of rotatable bonds is 3. The fraction of sp³-hybridized carbons (Fsp3) is 0.300. The number of piperazine rings is 1. The van der Waals surface area contributed by atoms with Crippen molar-refractivity contribution in [2.24, 2.45) is 0 Å². The summed E-state index contributed by atoms with van der Waals surface area (Å²) >= 11 is 5.92. The summed E-state index contributed by atoms with van der Waals surface area (Å²) in [6.45, 7) is 3.93. The van der Waals surface area contributed by atoms with Crippen LogP contribution in [0, 0.1) is 5.82 Å². The molecule has 0 radical (unpaired) electrons. The molecule has 1 fully saturated rings. The minimum absolute atomic E-state index is 0.0740. The normalized spacial score (nSPS) is 15.6. The first-order valence-corrected chi connectivity index (χ1v) is 9.74. The molecular weight excluding hydrogens is 395 g/mol. The quantitative estimate of drug-likeness (QED) is 0.663. The van der Waals surface area contributed by atoms with Gasteiger partial charge in [-0.15, -0.1) is 11.6 Å². The molecule has 29 heavy (non-hydrogen) atoms. The molecule has 3 aromatic rings. The third kappa shape index (κ3) is 3.93. The van der Waals surface area contributed by atoms with E-state index in [1.165, 1.54) is 12.1 Å². The van der Waals surface area contributed by atoms with Crippen molar-refractivity contribution >= 4 is 40.3 Å². The maximum Gasteiger partial charge on any atom is 0.240 e. The van der Waals surface area contributed by atoms with Gasteiger partial charge in [0, 0.05) is 31.7 Å². The first-order chi connectivity index (χ1) is 13.9. The number of carbonyl (C=O) groups is 1. The van der Waals surface area contributed by atoms with E-state index in [4.69, 9.17) is 22.3 Å². The predicted octanol–water partition coefficient (Wildman–Crippen LogP) is 2.69. The molecule has 7 nitrogen and oxygen atoms in total. The van der Waals surface area contributed by atoms with Gasteiger partial charge in [-0.1, -0.05) is 0 Å². The van der Waals surface area contributed by atoms with E-state index in [1.54, 1.807) is 24.0 Å². The number of aromatic nitrogens is 3. The second kappa shape index (κ2) is 7.79. The Hall–Kier alpha value is -3.00. The van der Waals surface area contributed by atoms with Crippen LogP contribution >= 0.6 is 11.6 Å². The Labute approximate surface area is 172 Å². The van der Waals surface area contributed by atoms with Gasteiger partial charge in [0.25, 0.3) is 0 Å². The summed E-state index contributed by atoms with van der Waals surface area (Å²) < 4.78 is 13.2. The van der Waals surface area contributed by atoms with Crippen LogP contribution in [-0.2, 0) is 4.79 Å². The number of hydrogen-bond acceptors (Lipinski definition) is 6. The average molecular weight is 415 g/mol. The Bertz CT molecular complexity index is 1050. The molecule has 0 bridgehead atoms. The Morgan fingerprint density at radius 2 is 1.76 bits per heavy atom. The van der Waals surface area contributed by atoms with Gasteiger partial charge < -0.3 is 15.5 Å². The Morgan fingerprint density at radius 1 is 1.07 bits per heavy atom. The predicted molar refractivity (Wildman–Crippen MR) is 111 cm³/mol. The van der Waals surface area contributed by atoms with E-state index in [9.17, 15) is 9.18 Å². The number of pyridine rings is 1. The van der Waals surface area contributed by atoms with Crippen LogP contribution in [0.3, 0.4) is 0 Å². The van der Waals surface area contributed by atoms with E-state index in [0.29, 0.717) is 48.7 Å². The Balaban J connectivity index is 1.68. The molecule has 1 aliphatic rings. The highest BCUT2D eigenvalue weighted by Crippen LogP contribution is 2.27. The molecule has 1 aliphatic heterocycles. The lowest BCUT2D eigenvalue weighted by Crippen LogP contribution is -2.50. The number of carbonyl (C=O) groups excluding carboxylic acids is 1. The number of anilines is 2. The summed E-state index contributed by atoms with van der Waals surface area (Å²) in [7, 11) is 0. The first kappa shape index (κ1) is 19.3. The molecule has 1 amide bonds. The summed E-state index contributed by atoms with van der Waals surface area (Å²) in [5, 5.41) is -0.544. The first-order valence-electron chi connectivity index (χ1n) is 9.30. The van der Waals surface area contributed by atoms with Crippen LogP contribution in [0.25, 0.3) is 22.3 Å². The molecule has 0 aliphatic carbocycles. The lowest BCUT2D eigenvalue weighted by atomic mass is 10.1. The molecule has 9 heteroatoms. The zero-order valence-electron chi connectivity index (χ0n) is 15.8. The maximum atomic E-state index is 13.2. The van der Waals surface area contributed by atoms with Crippen molar-refractivity contribution in [2.75, 3.05) is 36.8 Å². The molecule has 2 N–H and O–H groups in total. The number of amides is 1. The van der Waals surface area contributed by atoms with Gasteiger partial charge in [0.15, 0.2) is 5.82 Å². The molecule has 150 valence electrons. The summed E-state index contributed by atoms with van der Waals surface area (Å²) in [6, 6.07) is 9.81. The van der Waals surface area contributed by atoms with E-state index in [1.807, 2.05) is 17.0 Å². The summed E-state index contributed by atoms with van der Waals surface area (Å²) in [5.41, 5.74) is 8.65. The zero-order valence-corrected chi connectivity index (χ0v) is 16.6. The van der Waals surface area contributed by atoms with E-state index in [2.05, 4.69) is 9.97 Å². The second-order valence-electron chi connectivity index (χ2n) is 6.90. The second-order valence-corrected chi connectivity index (χ2v) is 7.56. The number of nitrogen functional groups attached to an aromatic ring is 1. The van der Waals surface area contributed by atoms with Gasteiger partial charge in [0.05, 0.1) is 11.2 Å². The Morgan fingerprint density at radius 3 is 2.41 bits per heavy atom. The van der Waals surface area contributed by atoms with Gasteiger partial charge in [0.2, 0.25) is 11.9 Å². The fourth-order valence-corrected chi connectivity index (χ4v) is 3.55. The molecule has 2 aromatic heterocycles. The zero-order chi connectivity index (χ0) is 20.5. The van der Waals surface area contributed by atoms with Crippen LogP contribution < -0.4 is 10.6 Å². The van der Waals surface area contributed by atoms with Crippen molar-refractivity contribution in [3.63, 3.8) is 0 Å². The fourth-order valence-electron chi connectivity index (χ4n) is 3.41. The molecule has 1 saturated heterocycles. The van der Waals surface area contributed by atoms with Gasteiger partial charge in [-0.05, 0) is 43.3 Å². The topological polar surface area (TPSA) is 88.2 Å². The largest absolute Gasteiger partial charge is 0.368 e. The van der Waals surface area contributed by atoms with Crippen LogP contribution in [0.1, 0.15) is 6.92 Å². The number of nitrogens with two attached hydrogens (primary N) is 1. The minimum atomic E-state index is -0.544. The van der Waals surface area contributed by atoms with Crippen molar-refractivity contribution in [3.8, 4) is 11.3 Å². The summed E-state index contributed by atoms with van der Waals surface area (Å²) in [4.78, 5) is 29.3. The molecule has 3 heterocycles. The molecular formula is C20H20ClFN6O. The molecule has 1 unspecified atom stereocenters. The highest BCUT2D eigenvalue weighted by Gasteiger charge is 2.26. The third-order valence-electron chi connectivity index (χ3n) is 4.91. The van der Waals surface area contributed by atoms with Gasteiger partial charge in [-0.2, -0.15) is 4.98 Å². The highest BCUT2D eigenvalue weighted by molar-refractivity contribution is 6.30. The number of benzene rings is 1. The van der Waals surface area contributed by atoms with E-state index < -0.39 is 5.38 Å². The van der Waals surface area contributed by atoms with E-state index in [-0.39, 0.29) is 17.7 Å². The van der Waals surface area contributed by atoms with Crippen molar-refractivity contribution in [1.29, 1.82) is 0 Å². The maximum absolute atomic E-state index is 13.2. The number of halogens is 2. The van der Waals surface area contributed by atoms with E-state index >= 15 is 0 Å². The third-order valence-corrected chi connectivity index (χ3v) is 5.10. The van der Waals surface area contributed by atoms with Crippen LogP contribution in [-0.4, -0.2) is 57.3 Å². The van der Waals surface area contributed by atoms with Gasteiger partial charge in [0.1, 0.15) is 16.7 Å². The standard InChI is InChI=1S/C20H20ClFN6O/c1-12(21)19(29)28-10-8-27(9-11-28)18-17-16(25-20(23)26-18)7-6-15(24-17)13-2-4-14(22)5-3-13/h2-7,12H,8-11H2,1H3,(H2,23,25,26). The highest BCUT2D eigenvalue weighted by atomic mass is 35.5.